The van der Waals surface area contributed by atoms with Crippen LogP contribution >= 0.6 is 0 Å². The number of rotatable bonds is 1. The number of para-hydroxylation sites is 1. The molecule has 70 valence electrons. The maximum absolute atomic E-state index is 11.1. The zero-order chi connectivity index (χ0) is 10.1. The molecule has 2 rings (SSSR count). The van der Waals surface area contributed by atoms with Crippen LogP contribution in [0.3, 0.4) is 0 Å². The van der Waals surface area contributed by atoms with Gasteiger partial charge >= 0.3 is 11.6 Å². The van der Waals surface area contributed by atoms with Crippen LogP contribution in [0.2, 0.25) is 0 Å². The number of aromatic carboxylic acids is 1. The van der Waals surface area contributed by atoms with Crippen LogP contribution in [-0.4, -0.2) is 11.1 Å². The summed E-state index contributed by atoms with van der Waals surface area (Å²) in [5, 5.41) is 9.27. The van der Waals surface area contributed by atoms with Gasteiger partial charge in [0.15, 0.2) is 0 Å². The van der Waals surface area contributed by atoms with Gasteiger partial charge in [-0.05, 0) is 12.1 Å². The largest absolute Gasteiger partial charge is 0.477 e. The van der Waals surface area contributed by atoms with Gasteiger partial charge in [-0.3, -0.25) is 0 Å². The van der Waals surface area contributed by atoms with Crippen LogP contribution in [0.25, 0.3) is 11.0 Å². The average Bonchev–Trinajstić information content (AvgIpc) is 2.16. The van der Waals surface area contributed by atoms with Crippen molar-refractivity contribution in [3.8, 4) is 0 Å². The lowest BCUT2D eigenvalue weighted by molar-refractivity contribution is 0.0692. The molecule has 0 aliphatic heterocycles. The topological polar surface area (TPSA) is 67.5 Å². The molecule has 1 heterocycles. The number of carbonyl (C=O) groups is 1. The van der Waals surface area contributed by atoms with Crippen molar-refractivity contribution in [1.29, 1.82) is 0 Å². The fourth-order valence-electron chi connectivity index (χ4n) is 1.21. The summed E-state index contributed by atoms with van der Waals surface area (Å²) >= 11 is 0. The molecule has 0 bridgehead atoms. The molecule has 1 aromatic heterocycles. The quantitative estimate of drug-likeness (QED) is 0.547. The summed E-state index contributed by atoms with van der Waals surface area (Å²) in [5.41, 5.74) is -0.776. The molecule has 0 radical (unpaired) electrons. The molecule has 1 N–H and O–H groups in total. The highest BCUT2D eigenvalue weighted by Crippen LogP contribution is 2.12. The summed E-state index contributed by atoms with van der Waals surface area (Å²) in [6.45, 7) is 0. The first kappa shape index (κ1) is 8.50. The molecule has 1 aromatic carbocycles. The van der Waals surface area contributed by atoms with Gasteiger partial charge < -0.3 is 9.52 Å². The van der Waals surface area contributed by atoms with Crippen molar-refractivity contribution in [3.05, 3.63) is 46.3 Å². The lowest BCUT2D eigenvalue weighted by Gasteiger charge is -1.96. The predicted octanol–water partition coefficient (Wildman–Crippen LogP) is 1.49. The minimum absolute atomic E-state index is 0.344. The van der Waals surface area contributed by atoms with E-state index in [1.54, 1.807) is 24.3 Å². The molecular weight excluding hydrogens is 185 g/mol. The lowest BCUT2D eigenvalue weighted by Crippen LogP contribution is -2.12. The highest BCUT2D eigenvalue weighted by Gasteiger charge is 2.10. The van der Waals surface area contributed by atoms with E-state index in [-0.39, 0.29) is 5.56 Å². The Kier molecular flexibility index (Phi) is 1.81. The van der Waals surface area contributed by atoms with Gasteiger partial charge in [-0.2, -0.15) is 0 Å². The fourth-order valence-corrected chi connectivity index (χ4v) is 1.21. The zero-order valence-electron chi connectivity index (χ0n) is 7.06. The number of benzene rings is 1. The summed E-state index contributed by atoms with van der Waals surface area (Å²) in [6.07, 6.45) is 0. The second-order valence-corrected chi connectivity index (χ2v) is 2.79. The Morgan fingerprint density at radius 1 is 1.29 bits per heavy atom. The first-order valence-electron chi connectivity index (χ1n) is 3.94. The van der Waals surface area contributed by atoms with Crippen molar-refractivity contribution < 1.29 is 14.3 Å². The minimum atomic E-state index is -1.27. The van der Waals surface area contributed by atoms with Crippen LogP contribution in [0.5, 0.6) is 0 Å². The molecular formula is C10H6O4. The van der Waals surface area contributed by atoms with E-state index in [0.717, 1.165) is 0 Å². The van der Waals surface area contributed by atoms with Crippen molar-refractivity contribution in [2.24, 2.45) is 0 Å². The fraction of sp³-hybridized carbons (Fsp3) is 0. The molecule has 4 heteroatoms. The number of fused-ring (bicyclic) bond motifs is 1. The molecule has 4 nitrogen and oxygen atoms in total. The molecule has 0 fully saturated rings. The Bertz CT molecular complexity index is 553. The van der Waals surface area contributed by atoms with E-state index >= 15 is 0 Å². The van der Waals surface area contributed by atoms with Gasteiger partial charge in [0.05, 0.1) is 0 Å². The van der Waals surface area contributed by atoms with E-state index in [1.165, 1.54) is 6.07 Å². The Balaban J connectivity index is 2.84. The van der Waals surface area contributed by atoms with E-state index < -0.39 is 11.6 Å². The van der Waals surface area contributed by atoms with Crippen LogP contribution in [0.1, 0.15) is 10.4 Å². The molecule has 0 amide bonds. The van der Waals surface area contributed by atoms with E-state index in [4.69, 9.17) is 9.52 Å². The molecule has 2 aromatic rings. The third-order valence-corrected chi connectivity index (χ3v) is 1.87. The van der Waals surface area contributed by atoms with Crippen molar-refractivity contribution in [2.45, 2.75) is 0 Å². The highest BCUT2D eigenvalue weighted by molar-refractivity contribution is 5.91. The molecule has 0 atom stereocenters. The molecule has 0 saturated heterocycles. The van der Waals surface area contributed by atoms with Crippen LogP contribution in [-0.2, 0) is 0 Å². The number of carboxylic acid groups (broad SMARTS) is 1. The maximum atomic E-state index is 11.1. The van der Waals surface area contributed by atoms with Gasteiger partial charge in [0, 0.05) is 5.39 Å². The van der Waals surface area contributed by atoms with Gasteiger partial charge in [0.25, 0.3) is 0 Å². The smallest absolute Gasteiger partial charge is 0.351 e. The summed E-state index contributed by atoms with van der Waals surface area (Å²) in [7, 11) is 0. The van der Waals surface area contributed by atoms with E-state index in [2.05, 4.69) is 0 Å². The van der Waals surface area contributed by atoms with Crippen LogP contribution < -0.4 is 5.63 Å². The predicted molar refractivity (Wildman–Crippen MR) is 49.4 cm³/mol. The third kappa shape index (κ3) is 1.26. The first-order valence-corrected chi connectivity index (χ1v) is 3.94. The van der Waals surface area contributed by atoms with Gasteiger partial charge in [0.2, 0.25) is 0 Å². The van der Waals surface area contributed by atoms with Gasteiger partial charge in [0.1, 0.15) is 11.1 Å². The Morgan fingerprint density at radius 3 is 2.71 bits per heavy atom. The van der Waals surface area contributed by atoms with Crippen LogP contribution in [0, 0.1) is 0 Å². The Labute approximate surface area is 78.4 Å². The Hall–Kier alpha value is -2.10. The number of carboxylic acids is 1. The molecule has 0 unspecified atom stereocenters. The first-order chi connectivity index (χ1) is 6.68. The average molecular weight is 191 g/mol. The minimum Gasteiger partial charge on any atom is -0.477 e. The van der Waals surface area contributed by atoms with E-state index in [1.807, 2.05) is 0 Å². The Morgan fingerprint density at radius 2 is 2.00 bits per heavy atom. The summed E-state index contributed by atoms with van der Waals surface area (Å²) in [5.74, 6) is -1.27. The van der Waals surface area contributed by atoms with Crippen molar-refractivity contribution >= 4 is 16.9 Å². The van der Waals surface area contributed by atoms with E-state index in [9.17, 15) is 9.59 Å². The molecule has 0 aliphatic carbocycles. The van der Waals surface area contributed by atoms with Crippen LogP contribution in [0.15, 0.2) is 39.5 Å². The number of hydrogen-bond donors (Lipinski definition) is 1. The van der Waals surface area contributed by atoms with Crippen LogP contribution in [0.4, 0.5) is 0 Å². The summed E-state index contributed by atoms with van der Waals surface area (Å²) in [6, 6.07) is 8.07. The standard InChI is InChI=1S/C10H6O4/c11-9(12)7-5-6-3-1-2-4-8(6)14-10(7)13/h1-5H,(H,11,12)/i9+1. The third-order valence-electron chi connectivity index (χ3n) is 1.87. The van der Waals surface area contributed by atoms with Crippen molar-refractivity contribution in [3.63, 3.8) is 0 Å². The van der Waals surface area contributed by atoms with Gasteiger partial charge in [-0.15, -0.1) is 0 Å². The lowest BCUT2D eigenvalue weighted by atomic mass is 10.2. The molecule has 14 heavy (non-hydrogen) atoms. The van der Waals surface area contributed by atoms with Gasteiger partial charge in [-0.25, -0.2) is 9.59 Å². The monoisotopic (exact) mass is 191 g/mol. The second-order valence-electron chi connectivity index (χ2n) is 2.79. The normalized spacial score (nSPS) is 10.3. The summed E-state index contributed by atoms with van der Waals surface area (Å²) in [4.78, 5) is 21.7. The SMILES string of the molecule is O=c1oc2ccccc2cc1[13C](=O)O. The molecule has 0 saturated carbocycles. The molecule has 0 aliphatic rings. The summed E-state index contributed by atoms with van der Waals surface area (Å²) < 4.78 is 4.82. The maximum Gasteiger partial charge on any atom is 0.351 e. The van der Waals surface area contributed by atoms with E-state index in [0.29, 0.717) is 11.0 Å². The van der Waals surface area contributed by atoms with Crippen molar-refractivity contribution in [1.82, 2.24) is 0 Å². The van der Waals surface area contributed by atoms with Gasteiger partial charge in [-0.1, -0.05) is 18.2 Å². The number of hydrogen-bond acceptors (Lipinski definition) is 3. The molecule has 0 spiro atoms. The zero-order valence-corrected chi connectivity index (χ0v) is 7.06. The highest BCUT2D eigenvalue weighted by atomic mass is 16.5. The second kappa shape index (κ2) is 2.99. The van der Waals surface area contributed by atoms with Crippen molar-refractivity contribution in [2.75, 3.05) is 0 Å².